The van der Waals surface area contributed by atoms with Gasteiger partial charge in [-0.25, -0.2) is 0 Å². The molecular formula is C49H74O5. The molecule has 0 amide bonds. The summed E-state index contributed by atoms with van der Waals surface area (Å²) in [5.74, 6) is 5.39. The summed E-state index contributed by atoms with van der Waals surface area (Å²) in [4.78, 5) is 0. The van der Waals surface area contributed by atoms with Crippen LogP contribution in [0.4, 0.5) is 0 Å². The molecule has 2 saturated carbocycles. The zero-order chi connectivity index (χ0) is 39.3. The molecule has 3 aromatic rings. The van der Waals surface area contributed by atoms with E-state index < -0.39 is 0 Å². The van der Waals surface area contributed by atoms with Crippen molar-refractivity contribution in [2.24, 2.45) is 17.3 Å². The van der Waals surface area contributed by atoms with E-state index in [0.29, 0.717) is 41.1 Å². The van der Waals surface area contributed by atoms with Gasteiger partial charge in [0.05, 0.1) is 12.2 Å². The normalized spacial score (nSPS) is 23.2. The van der Waals surface area contributed by atoms with Gasteiger partial charge in [0.15, 0.2) is 12.6 Å². The van der Waals surface area contributed by atoms with E-state index in [1.807, 2.05) is 26.0 Å². The van der Waals surface area contributed by atoms with Crippen molar-refractivity contribution in [2.45, 2.75) is 182 Å². The van der Waals surface area contributed by atoms with Gasteiger partial charge >= 0.3 is 0 Å². The summed E-state index contributed by atoms with van der Waals surface area (Å²) in [6.45, 7) is 22.5. The molecule has 2 fully saturated rings. The molecule has 5 unspecified atom stereocenters. The van der Waals surface area contributed by atoms with Crippen LogP contribution in [0.1, 0.15) is 174 Å². The van der Waals surface area contributed by atoms with Crippen molar-refractivity contribution < 1.29 is 24.1 Å². The van der Waals surface area contributed by atoms with E-state index in [1.165, 1.54) is 42.4 Å². The molecule has 1 N–H and O–H groups in total. The van der Waals surface area contributed by atoms with Crippen molar-refractivity contribution in [3.63, 3.8) is 0 Å². The molecule has 5 nitrogen and oxygen atoms in total. The molecule has 3 aromatic carbocycles. The maximum atomic E-state index is 9.01. The average molecular weight is 743 g/mol. The van der Waals surface area contributed by atoms with Gasteiger partial charge in [-0.3, -0.25) is 0 Å². The van der Waals surface area contributed by atoms with E-state index in [2.05, 4.69) is 104 Å². The van der Waals surface area contributed by atoms with Gasteiger partial charge < -0.3 is 24.1 Å². The Morgan fingerprint density at radius 2 is 0.796 bits per heavy atom. The number of rotatable bonds is 16. The van der Waals surface area contributed by atoms with E-state index in [-0.39, 0.29) is 12.6 Å². The Kier molecular flexibility index (Phi) is 17.3. The lowest BCUT2D eigenvalue weighted by Crippen LogP contribution is -2.40. The molecule has 0 aromatic heterocycles. The SMILES string of the molecule is CCC(C)c1ccc(O)cc1.CCC(C)c1ccc(OC(C)OC2CCC(C(C)(C)C3CCC(OC(C)Oc4ccc(C(C)CC)cc4)CC3)CC2)cc1. The predicted octanol–water partition coefficient (Wildman–Crippen LogP) is 13.9. The topological polar surface area (TPSA) is 57.2 Å². The molecule has 5 atom stereocenters. The lowest BCUT2D eigenvalue weighted by Gasteiger charge is -2.47. The van der Waals surface area contributed by atoms with Crippen LogP contribution in [0, 0.1) is 17.3 Å². The Bertz CT molecular complexity index is 1360. The molecule has 0 bridgehead atoms. The lowest BCUT2D eigenvalue weighted by atomic mass is 9.60. The minimum Gasteiger partial charge on any atom is -0.508 e. The lowest BCUT2D eigenvalue weighted by molar-refractivity contribution is -0.132. The zero-order valence-electron chi connectivity index (χ0n) is 35.5. The zero-order valence-corrected chi connectivity index (χ0v) is 35.5. The van der Waals surface area contributed by atoms with Crippen LogP contribution in [0.25, 0.3) is 0 Å². The number of phenols is 1. The molecule has 2 aliphatic rings. The third-order valence-corrected chi connectivity index (χ3v) is 13.0. The monoisotopic (exact) mass is 743 g/mol. The predicted molar refractivity (Wildman–Crippen MR) is 225 cm³/mol. The second-order valence-corrected chi connectivity index (χ2v) is 17.1. The first-order valence-electron chi connectivity index (χ1n) is 21.5. The Labute approximate surface area is 329 Å². The first-order valence-corrected chi connectivity index (χ1v) is 21.5. The molecule has 0 aliphatic heterocycles. The molecular weight excluding hydrogens is 669 g/mol. The van der Waals surface area contributed by atoms with Crippen LogP contribution in [0.3, 0.4) is 0 Å². The van der Waals surface area contributed by atoms with E-state index in [4.69, 9.17) is 24.1 Å². The van der Waals surface area contributed by atoms with Crippen molar-refractivity contribution >= 4 is 0 Å². The smallest absolute Gasteiger partial charge is 0.197 e. The van der Waals surface area contributed by atoms with Crippen molar-refractivity contribution in [3.05, 3.63) is 89.5 Å². The maximum absolute atomic E-state index is 9.01. The Morgan fingerprint density at radius 1 is 0.500 bits per heavy atom. The molecule has 54 heavy (non-hydrogen) atoms. The molecule has 300 valence electrons. The van der Waals surface area contributed by atoms with E-state index in [9.17, 15) is 0 Å². The quantitative estimate of drug-likeness (QED) is 0.148. The fraction of sp³-hybridized carbons (Fsp3) is 0.633. The van der Waals surface area contributed by atoms with Gasteiger partial charge in [-0.2, -0.15) is 0 Å². The molecule has 0 spiro atoms. The highest BCUT2D eigenvalue weighted by Gasteiger charge is 2.41. The summed E-state index contributed by atoms with van der Waals surface area (Å²) in [6, 6.07) is 24.5. The van der Waals surface area contributed by atoms with Gasteiger partial charge in [0.25, 0.3) is 0 Å². The molecule has 0 saturated heterocycles. The standard InChI is InChI=1S/C39H60O4.C10H14O/c1-9-27(3)31-11-19-35(20-12-31)40-29(5)42-37-23-15-33(16-24-37)39(7,8)34-17-25-38(26-18-34)43-30(6)41-36-21-13-32(14-22-36)28(4)10-2;1-3-8(2)9-4-6-10(11)7-5-9/h11-14,19-22,27-30,33-34,37-38H,9-10,15-18,23-26H2,1-8H3;4-8,11H,3H2,1-2H3. The van der Waals surface area contributed by atoms with Gasteiger partial charge in [-0.15, -0.1) is 0 Å². The number of benzene rings is 3. The summed E-state index contributed by atoms with van der Waals surface area (Å²) in [5.41, 5.74) is 4.37. The minimum atomic E-state index is -0.227. The van der Waals surface area contributed by atoms with E-state index in [0.717, 1.165) is 68.3 Å². The minimum absolute atomic E-state index is 0.227. The summed E-state index contributed by atoms with van der Waals surface area (Å²) >= 11 is 0. The van der Waals surface area contributed by atoms with Crippen LogP contribution in [0.15, 0.2) is 72.8 Å². The number of aromatic hydroxyl groups is 1. The van der Waals surface area contributed by atoms with E-state index >= 15 is 0 Å². The van der Waals surface area contributed by atoms with Crippen LogP contribution in [0.5, 0.6) is 17.2 Å². The first kappa shape index (κ1) is 43.7. The number of ether oxygens (including phenoxy) is 4. The Hall–Kier alpha value is -3.02. The third-order valence-electron chi connectivity index (χ3n) is 13.0. The van der Waals surface area contributed by atoms with E-state index in [1.54, 1.807) is 12.1 Å². The van der Waals surface area contributed by atoms with Crippen LogP contribution in [0.2, 0.25) is 0 Å². The van der Waals surface area contributed by atoms with Gasteiger partial charge in [0, 0.05) is 0 Å². The van der Waals surface area contributed by atoms with Gasteiger partial charge in [-0.05, 0) is 173 Å². The highest BCUT2D eigenvalue weighted by atomic mass is 16.7. The number of hydrogen-bond acceptors (Lipinski definition) is 5. The first-order chi connectivity index (χ1) is 25.8. The van der Waals surface area contributed by atoms with Crippen LogP contribution in [-0.2, 0) is 9.47 Å². The Morgan fingerprint density at radius 3 is 1.09 bits per heavy atom. The van der Waals surface area contributed by atoms with Crippen molar-refractivity contribution in [3.8, 4) is 17.2 Å². The molecule has 5 heteroatoms. The van der Waals surface area contributed by atoms with Crippen LogP contribution in [-0.4, -0.2) is 29.9 Å². The second kappa shape index (κ2) is 21.3. The summed E-state index contributed by atoms with van der Waals surface area (Å²) in [5, 5.41) is 9.01. The fourth-order valence-electron chi connectivity index (χ4n) is 8.46. The van der Waals surface area contributed by atoms with Crippen LogP contribution >= 0.6 is 0 Å². The highest BCUT2D eigenvalue weighted by Crippen LogP contribution is 2.49. The van der Waals surface area contributed by atoms with Crippen molar-refractivity contribution in [1.29, 1.82) is 0 Å². The summed E-state index contributed by atoms with van der Waals surface area (Å²) < 4.78 is 25.0. The largest absolute Gasteiger partial charge is 0.508 e. The molecule has 2 aliphatic carbocycles. The van der Waals surface area contributed by atoms with Gasteiger partial charge in [-0.1, -0.05) is 91.8 Å². The van der Waals surface area contributed by atoms with Crippen molar-refractivity contribution in [1.82, 2.24) is 0 Å². The number of hydrogen-bond donors (Lipinski definition) is 1. The van der Waals surface area contributed by atoms with Crippen LogP contribution < -0.4 is 9.47 Å². The second-order valence-electron chi connectivity index (χ2n) is 17.1. The Balaban J connectivity index is 0.000000506. The fourth-order valence-corrected chi connectivity index (χ4v) is 8.46. The maximum Gasteiger partial charge on any atom is 0.197 e. The van der Waals surface area contributed by atoms with Gasteiger partial charge in [0.1, 0.15) is 17.2 Å². The summed E-state index contributed by atoms with van der Waals surface area (Å²) in [7, 11) is 0. The number of phenolic OH excluding ortho intramolecular Hbond substituents is 1. The van der Waals surface area contributed by atoms with Gasteiger partial charge in [0.2, 0.25) is 0 Å². The van der Waals surface area contributed by atoms with Crippen molar-refractivity contribution in [2.75, 3.05) is 0 Å². The molecule has 0 heterocycles. The third kappa shape index (κ3) is 13.0. The average Bonchev–Trinajstić information content (AvgIpc) is 3.18. The summed E-state index contributed by atoms with van der Waals surface area (Å²) in [6.07, 6.45) is 13.0. The molecule has 0 radical (unpaired) electrons. The highest BCUT2D eigenvalue weighted by molar-refractivity contribution is 5.30. The molecule has 5 rings (SSSR count).